The summed E-state index contributed by atoms with van der Waals surface area (Å²) in [6.07, 6.45) is 0.0856. The quantitative estimate of drug-likeness (QED) is 0.855. The predicted molar refractivity (Wildman–Crippen MR) is 78.2 cm³/mol. The fourth-order valence-corrected chi connectivity index (χ4v) is 3.07. The summed E-state index contributed by atoms with van der Waals surface area (Å²) in [5.41, 5.74) is 8.69. The number of hydrogen-bond acceptors (Lipinski definition) is 5. The predicted octanol–water partition coefficient (Wildman–Crippen LogP) is 2.40. The van der Waals surface area contributed by atoms with Gasteiger partial charge in [0.25, 0.3) is 0 Å². The number of para-hydroxylation sites is 1. The van der Waals surface area contributed by atoms with E-state index in [2.05, 4.69) is 22.3 Å². The Hall–Kier alpha value is -1.43. The number of benzene rings is 1. The van der Waals surface area contributed by atoms with Crippen molar-refractivity contribution in [3.05, 3.63) is 34.7 Å². The summed E-state index contributed by atoms with van der Waals surface area (Å²) in [6.45, 7) is 2.65. The highest BCUT2D eigenvalue weighted by Gasteiger charge is 2.22. The van der Waals surface area contributed by atoms with Gasteiger partial charge in [-0.1, -0.05) is 18.2 Å². The van der Waals surface area contributed by atoms with Gasteiger partial charge in [-0.15, -0.1) is 11.3 Å². The Bertz CT molecular complexity index is 569. The summed E-state index contributed by atoms with van der Waals surface area (Å²) in [7, 11) is 2.11. The molecule has 1 atom stereocenters. The molecule has 1 fully saturated rings. The molecule has 3 rings (SSSR count). The minimum absolute atomic E-state index is 0.0856. The summed E-state index contributed by atoms with van der Waals surface area (Å²) >= 11 is 1.64. The van der Waals surface area contributed by atoms with Crippen molar-refractivity contribution in [1.82, 2.24) is 9.88 Å². The molecule has 0 aliphatic carbocycles. The summed E-state index contributed by atoms with van der Waals surface area (Å²) in [5, 5.41) is 3.09. The first kappa shape index (κ1) is 12.6. The topological polar surface area (TPSA) is 51.4 Å². The van der Waals surface area contributed by atoms with Gasteiger partial charge in [-0.3, -0.25) is 0 Å². The smallest absolute Gasteiger partial charge is 0.124 e. The SMILES string of the molecule is CN1CCOC(c2nc(-c3ccccc3N)cs2)C1. The lowest BCUT2D eigenvalue weighted by Gasteiger charge is -2.28. The second-order valence-electron chi connectivity index (χ2n) is 4.78. The minimum atomic E-state index is 0.0856. The molecule has 1 aromatic carbocycles. The lowest BCUT2D eigenvalue weighted by Crippen LogP contribution is -2.35. The molecule has 5 heteroatoms. The number of aromatic nitrogens is 1. The molecule has 1 aliphatic rings. The molecule has 0 spiro atoms. The van der Waals surface area contributed by atoms with Crippen molar-refractivity contribution in [3.8, 4) is 11.3 Å². The fourth-order valence-electron chi connectivity index (χ4n) is 2.22. The maximum atomic E-state index is 5.99. The van der Waals surface area contributed by atoms with Crippen molar-refractivity contribution in [2.75, 3.05) is 32.5 Å². The van der Waals surface area contributed by atoms with Gasteiger partial charge in [0.2, 0.25) is 0 Å². The first-order chi connectivity index (χ1) is 9.24. The lowest BCUT2D eigenvalue weighted by atomic mass is 10.1. The normalized spacial score (nSPS) is 20.6. The Morgan fingerprint density at radius 2 is 2.26 bits per heavy atom. The van der Waals surface area contributed by atoms with E-state index in [4.69, 9.17) is 10.5 Å². The number of hydrogen-bond donors (Lipinski definition) is 1. The number of anilines is 1. The van der Waals surface area contributed by atoms with E-state index in [-0.39, 0.29) is 6.10 Å². The highest BCUT2D eigenvalue weighted by Crippen LogP contribution is 2.31. The highest BCUT2D eigenvalue weighted by molar-refractivity contribution is 7.10. The second-order valence-corrected chi connectivity index (χ2v) is 5.67. The number of morpholine rings is 1. The van der Waals surface area contributed by atoms with E-state index in [1.165, 1.54) is 0 Å². The highest BCUT2D eigenvalue weighted by atomic mass is 32.1. The first-order valence-electron chi connectivity index (χ1n) is 6.34. The molecular formula is C14H17N3OS. The van der Waals surface area contributed by atoms with Crippen molar-refractivity contribution < 1.29 is 4.74 Å². The Balaban J connectivity index is 1.85. The molecule has 2 heterocycles. The zero-order chi connectivity index (χ0) is 13.2. The molecule has 100 valence electrons. The number of thiazole rings is 1. The first-order valence-corrected chi connectivity index (χ1v) is 7.22. The Morgan fingerprint density at radius 1 is 1.42 bits per heavy atom. The minimum Gasteiger partial charge on any atom is -0.398 e. The van der Waals surface area contributed by atoms with Crippen LogP contribution in [0.2, 0.25) is 0 Å². The molecule has 0 amide bonds. The van der Waals surface area contributed by atoms with Crippen LogP contribution in [0.25, 0.3) is 11.3 Å². The van der Waals surface area contributed by atoms with E-state index in [0.29, 0.717) is 0 Å². The van der Waals surface area contributed by atoms with Gasteiger partial charge >= 0.3 is 0 Å². The van der Waals surface area contributed by atoms with Crippen LogP contribution in [0.1, 0.15) is 11.1 Å². The average molecular weight is 275 g/mol. The van der Waals surface area contributed by atoms with Crippen LogP contribution in [-0.4, -0.2) is 36.6 Å². The van der Waals surface area contributed by atoms with Crippen LogP contribution in [0.4, 0.5) is 5.69 Å². The van der Waals surface area contributed by atoms with Crippen LogP contribution in [0.15, 0.2) is 29.6 Å². The summed E-state index contributed by atoms with van der Waals surface area (Å²) in [6, 6.07) is 7.82. The van der Waals surface area contributed by atoms with Crippen molar-refractivity contribution in [1.29, 1.82) is 0 Å². The van der Waals surface area contributed by atoms with Crippen LogP contribution in [-0.2, 0) is 4.74 Å². The van der Waals surface area contributed by atoms with Gasteiger partial charge in [0.05, 0.1) is 12.3 Å². The summed E-state index contributed by atoms with van der Waals surface area (Å²) < 4.78 is 5.79. The van der Waals surface area contributed by atoms with Crippen molar-refractivity contribution in [2.24, 2.45) is 0 Å². The monoisotopic (exact) mass is 275 g/mol. The zero-order valence-electron chi connectivity index (χ0n) is 10.9. The Morgan fingerprint density at radius 3 is 3.05 bits per heavy atom. The second kappa shape index (κ2) is 5.28. The molecule has 1 saturated heterocycles. The van der Waals surface area contributed by atoms with Crippen LogP contribution in [0.3, 0.4) is 0 Å². The van der Waals surface area contributed by atoms with Gasteiger partial charge in [-0.2, -0.15) is 0 Å². The van der Waals surface area contributed by atoms with E-state index >= 15 is 0 Å². The van der Waals surface area contributed by atoms with Crippen LogP contribution < -0.4 is 5.73 Å². The van der Waals surface area contributed by atoms with Crippen molar-refractivity contribution >= 4 is 17.0 Å². The number of ether oxygens (including phenoxy) is 1. The van der Waals surface area contributed by atoms with Gasteiger partial charge in [-0.25, -0.2) is 4.98 Å². The number of rotatable bonds is 2. The largest absolute Gasteiger partial charge is 0.398 e. The Labute approximate surface area is 116 Å². The molecule has 19 heavy (non-hydrogen) atoms. The van der Waals surface area contributed by atoms with Gasteiger partial charge in [-0.05, 0) is 13.1 Å². The Kier molecular flexibility index (Phi) is 3.50. The van der Waals surface area contributed by atoms with Crippen molar-refractivity contribution in [2.45, 2.75) is 6.10 Å². The van der Waals surface area contributed by atoms with Gasteiger partial charge in [0, 0.05) is 29.7 Å². The lowest BCUT2D eigenvalue weighted by molar-refractivity contribution is -0.0209. The summed E-state index contributed by atoms with van der Waals surface area (Å²) in [4.78, 5) is 6.96. The molecule has 1 aromatic heterocycles. The molecule has 0 saturated carbocycles. The molecule has 0 bridgehead atoms. The van der Waals surface area contributed by atoms with Crippen LogP contribution in [0, 0.1) is 0 Å². The van der Waals surface area contributed by atoms with E-state index < -0.39 is 0 Å². The third kappa shape index (κ3) is 2.63. The van der Waals surface area contributed by atoms with E-state index in [1.54, 1.807) is 11.3 Å². The number of nitrogen functional groups attached to an aromatic ring is 1. The van der Waals surface area contributed by atoms with Gasteiger partial charge in [0.15, 0.2) is 0 Å². The summed E-state index contributed by atoms with van der Waals surface area (Å²) in [5.74, 6) is 0. The maximum Gasteiger partial charge on any atom is 0.124 e. The molecule has 4 nitrogen and oxygen atoms in total. The van der Waals surface area contributed by atoms with Crippen LogP contribution in [0.5, 0.6) is 0 Å². The van der Waals surface area contributed by atoms with Crippen molar-refractivity contribution in [3.63, 3.8) is 0 Å². The van der Waals surface area contributed by atoms with Gasteiger partial charge in [0.1, 0.15) is 11.1 Å². The molecule has 1 aliphatic heterocycles. The van der Waals surface area contributed by atoms with Crippen LogP contribution >= 0.6 is 11.3 Å². The molecule has 2 N–H and O–H groups in total. The number of nitrogens with two attached hydrogens (primary N) is 1. The van der Waals surface area contributed by atoms with E-state index in [1.807, 2.05) is 24.3 Å². The molecule has 0 radical (unpaired) electrons. The van der Waals surface area contributed by atoms with Gasteiger partial charge < -0.3 is 15.4 Å². The zero-order valence-corrected chi connectivity index (χ0v) is 11.7. The maximum absolute atomic E-state index is 5.99. The average Bonchev–Trinajstić information content (AvgIpc) is 2.89. The third-order valence-electron chi connectivity index (χ3n) is 3.30. The third-order valence-corrected chi connectivity index (χ3v) is 4.24. The number of nitrogens with zero attached hydrogens (tertiary/aromatic N) is 2. The molecule has 1 unspecified atom stereocenters. The molecule has 2 aromatic rings. The van der Waals surface area contributed by atoms with E-state index in [9.17, 15) is 0 Å². The molecular weight excluding hydrogens is 258 g/mol. The standard InChI is InChI=1S/C14H17N3OS/c1-17-6-7-18-13(8-17)14-16-12(9-19-14)10-4-2-3-5-11(10)15/h2-5,9,13H,6-8,15H2,1H3. The fraction of sp³-hybridized carbons (Fsp3) is 0.357. The van der Waals surface area contributed by atoms with E-state index in [0.717, 1.165) is 41.6 Å². The number of likely N-dealkylation sites (N-methyl/N-ethyl adjacent to an activating group) is 1.